The second-order valence-corrected chi connectivity index (χ2v) is 3.61. The lowest BCUT2D eigenvalue weighted by Crippen LogP contribution is -2.19. The van der Waals surface area contributed by atoms with Gasteiger partial charge in [0.25, 0.3) is 0 Å². The van der Waals surface area contributed by atoms with Gasteiger partial charge in [0, 0.05) is 6.04 Å². The summed E-state index contributed by atoms with van der Waals surface area (Å²) in [4.78, 5) is 12.1. The molecule has 1 aromatic rings. The Morgan fingerprint density at radius 1 is 1.18 bits per heavy atom. The summed E-state index contributed by atoms with van der Waals surface area (Å²) in [5.74, 6) is 0.443. The Morgan fingerprint density at radius 3 is 2.24 bits per heavy atom. The average molecular weight is 241 g/mol. The van der Waals surface area contributed by atoms with Crippen LogP contribution in [0.3, 0.4) is 0 Å². The molecule has 7 heteroatoms. The first kappa shape index (κ1) is 13.4. The van der Waals surface area contributed by atoms with E-state index in [0.29, 0.717) is 12.5 Å². The van der Waals surface area contributed by atoms with Crippen LogP contribution in [0.1, 0.15) is 19.8 Å². The maximum Gasteiger partial charge on any atom is 0.324 e. The highest BCUT2D eigenvalue weighted by Gasteiger charge is 2.09. The van der Waals surface area contributed by atoms with Gasteiger partial charge in [-0.05, 0) is 26.3 Å². The molecule has 0 amide bonds. The first-order valence-corrected chi connectivity index (χ1v) is 5.50. The normalized spacial score (nSPS) is 12.0. The summed E-state index contributed by atoms with van der Waals surface area (Å²) < 4.78 is 9.92. The highest BCUT2D eigenvalue weighted by molar-refractivity contribution is 5.28. The van der Waals surface area contributed by atoms with Gasteiger partial charge in [0.05, 0.1) is 14.2 Å². The average Bonchev–Trinajstić information content (AvgIpc) is 2.35. The zero-order chi connectivity index (χ0) is 12.7. The van der Waals surface area contributed by atoms with E-state index >= 15 is 0 Å². The lowest BCUT2D eigenvalue weighted by Gasteiger charge is -2.13. The number of hydrogen-bond acceptors (Lipinski definition) is 7. The maximum atomic E-state index is 5.45. The molecule has 0 saturated heterocycles. The number of rotatable bonds is 7. The van der Waals surface area contributed by atoms with Crippen molar-refractivity contribution >= 4 is 5.95 Å². The minimum absolute atomic E-state index is 0.227. The van der Waals surface area contributed by atoms with Gasteiger partial charge < -0.3 is 20.5 Å². The predicted octanol–water partition coefficient (Wildman–Crippen LogP) is 0.428. The van der Waals surface area contributed by atoms with Gasteiger partial charge in [0.1, 0.15) is 0 Å². The number of methoxy groups -OCH3 is 2. The second-order valence-electron chi connectivity index (χ2n) is 3.61. The molecule has 7 nitrogen and oxygen atoms in total. The molecule has 96 valence electrons. The van der Waals surface area contributed by atoms with Crippen LogP contribution in [0.25, 0.3) is 0 Å². The summed E-state index contributed by atoms with van der Waals surface area (Å²) in [5, 5.41) is 3.15. The van der Waals surface area contributed by atoms with Crippen LogP contribution in [0.5, 0.6) is 12.0 Å². The number of nitrogens with zero attached hydrogens (tertiary/aromatic N) is 3. The summed E-state index contributed by atoms with van der Waals surface area (Å²) >= 11 is 0. The molecule has 0 spiro atoms. The van der Waals surface area contributed by atoms with E-state index in [0.717, 1.165) is 12.8 Å². The Morgan fingerprint density at radius 2 is 1.76 bits per heavy atom. The van der Waals surface area contributed by atoms with E-state index in [1.165, 1.54) is 14.2 Å². The minimum atomic E-state index is 0.227. The monoisotopic (exact) mass is 241 g/mol. The van der Waals surface area contributed by atoms with Crippen molar-refractivity contribution in [3.63, 3.8) is 0 Å². The van der Waals surface area contributed by atoms with Gasteiger partial charge in [0.15, 0.2) is 0 Å². The Balaban J connectivity index is 2.68. The summed E-state index contributed by atoms with van der Waals surface area (Å²) in [6, 6.07) is 0.686. The first-order valence-electron chi connectivity index (χ1n) is 5.50. The Kier molecular flexibility index (Phi) is 5.41. The molecule has 0 aliphatic heterocycles. The van der Waals surface area contributed by atoms with E-state index in [2.05, 4.69) is 20.3 Å². The number of hydrogen-bond donors (Lipinski definition) is 2. The van der Waals surface area contributed by atoms with E-state index in [-0.39, 0.29) is 18.1 Å². The highest BCUT2D eigenvalue weighted by Crippen LogP contribution is 2.13. The molecule has 1 atom stereocenters. The van der Waals surface area contributed by atoms with Crippen LogP contribution in [0, 0.1) is 0 Å². The smallest absolute Gasteiger partial charge is 0.324 e. The van der Waals surface area contributed by atoms with Crippen molar-refractivity contribution in [1.29, 1.82) is 0 Å². The van der Waals surface area contributed by atoms with Gasteiger partial charge in [-0.25, -0.2) is 0 Å². The zero-order valence-electron chi connectivity index (χ0n) is 10.4. The van der Waals surface area contributed by atoms with Crippen molar-refractivity contribution in [1.82, 2.24) is 15.0 Å². The number of ether oxygens (including phenoxy) is 2. The lowest BCUT2D eigenvalue weighted by molar-refractivity contribution is 0.341. The van der Waals surface area contributed by atoms with E-state index in [1.54, 1.807) is 0 Å². The van der Waals surface area contributed by atoms with Crippen LogP contribution in [0.2, 0.25) is 0 Å². The van der Waals surface area contributed by atoms with Crippen molar-refractivity contribution in [3.05, 3.63) is 0 Å². The van der Waals surface area contributed by atoms with Crippen LogP contribution in [-0.4, -0.2) is 41.8 Å². The quantitative estimate of drug-likeness (QED) is 0.714. The van der Waals surface area contributed by atoms with Crippen molar-refractivity contribution in [2.75, 3.05) is 26.1 Å². The van der Waals surface area contributed by atoms with Crippen LogP contribution in [0.15, 0.2) is 0 Å². The molecule has 0 bridgehead atoms. The number of anilines is 1. The molecular weight excluding hydrogens is 222 g/mol. The zero-order valence-corrected chi connectivity index (χ0v) is 10.4. The minimum Gasteiger partial charge on any atom is -0.467 e. The molecule has 0 radical (unpaired) electrons. The largest absolute Gasteiger partial charge is 0.467 e. The van der Waals surface area contributed by atoms with Crippen molar-refractivity contribution < 1.29 is 9.47 Å². The molecule has 0 aliphatic rings. The van der Waals surface area contributed by atoms with E-state index in [1.807, 2.05) is 6.92 Å². The fourth-order valence-corrected chi connectivity index (χ4v) is 1.30. The Hall–Kier alpha value is -1.63. The second kappa shape index (κ2) is 6.85. The standard InChI is InChI=1S/C10H19N5O2/c1-7(5-4-6-11)12-8-13-9(16-2)15-10(14-8)17-3/h7H,4-6,11H2,1-3H3,(H,12,13,14,15). The summed E-state index contributed by atoms with van der Waals surface area (Å²) in [5.41, 5.74) is 5.45. The molecule has 1 heterocycles. The van der Waals surface area contributed by atoms with E-state index in [9.17, 15) is 0 Å². The van der Waals surface area contributed by atoms with Gasteiger partial charge in [-0.1, -0.05) is 0 Å². The number of aromatic nitrogens is 3. The predicted molar refractivity (Wildman–Crippen MR) is 64.3 cm³/mol. The summed E-state index contributed by atoms with van der Waals surface area (Å²) in [6.45, 7) is 2.72. The fourth-order valence-electron chi connectivity index (χ4n) is 1.30. The van der Waals surface area contributed by atoms with E-state index in [4.69, 9.17) is 15.2 Å². The maximum absolute atomic E-state index is 5.45. The van der Waals surface area contributed by atoms with Crippen LogP contribution >= 0.6 is 0 Å². The van der Waals surface area contributed by atoms with Gasteiger partial charge in [-0.2, -0.15) is 9.97 Å². The SMILES string of the molecule is COc1nc(NC(C)CCCN)nc(OC)n1. The van der Waals surface area contributed by atoms with E-state index < -0.39 is 0 Å². The third-order valence-corrected chi connectivity index (χ3v) is 2.18. The van der Waals surface area contributed by atoms with Gasteiger partial charge in [-0.15, -0.1) is 4.98 Å². The molecule has 0 aliphatic carbocycles. The topological polar surface area (TPSA) is 95.2 Å². The molecular formula is C10H19N5O2. The van der Waals surface area contributed by atoms with Gasteiger partial charge >= 0.3 is 12.0 Å². The lowest BCUT2D eigenvalue weighted by atomic mass is 10.2. The van der Waals surface area contributed by atoms with Crippen LogP contribution in [-0.2, 0) is 0 Å². The Bertz CT molecular complexity index is 325. The first-order chi connectivity index (χ1) is 8.19. The molecule has 0 aromatic carbocycles. The van der Waals surface area contributed by atoms with Gasteiger partial charge in [-0.3, -0.25) is 0 Å². The van der Waals surface area contributed by atoms with Crippen molar-refractivity contribution in [3.8, 4) is 12.0 Å². The van der Waals surface area contributed by atoms with Gasteiger partial charge in [0.2, 0.25) is 5.95 Å². The van der Waals surface area contributed by atoms with Crippen molar-refractivity contribution in [2.24, 2.45) is 5.73 Å². The molecule has 1 aromatic heterocycles. The molecule has 3 N–H and O–H groups in total. The molecule has 0 fully saturated rings. The summed E-state index contributed by atoms with van der Waals surface area (Å²) in [7, 11) is 2.99. The summed E-state index contributed by atoms with van der Waals surface area (Å²) in [6.07, 6.45) is 1.90. The number of nitrogens with one attached hydrogen (secondary N) is 1. The third-order valence-electron chi connectivity index (χ3n) is 2.18. The molecule has 1 rings (SSSR count). The fraction of sp³-hybridized carbons (Fsp3) is 0.700. The highest BCUT2D eigenvalue weighted by atomic mass is 16.5. The Labute approximate surface area is 101 Å². The number of nitrogens with two attached hydrogens (primary N) is 1. The van der Waals surface area contributed by atoms with Crippen molar-refractivity contribution in [2.45, 2.75) is 25.8 Å². The van der Waals surface area contributed by atoms with Crippen LogP contribution in [0.4, 0.5) is 5.95 Å². The third kappa shape index (κ3) is 4.39. The molecule has 0 saturated carbocycles. The molecule has 17 heavy (non-hydrogen) atoms. The van der Waals surface area contributed by atoms with Crippen LogP contribution < -0.4 is 20.5 Å². The molecule has 1 unspecified atom stereocenters.